The molecule has 8 heteroatoms. The minimum atomic E-state index is -0.175. The van der Waals surface area contributed by atoms with Crippen LogP contribution in [0.25, 0.3) is 11.0 Å². The van der Waals surface area contributed by atoms with Crippen molar-refractivity contribution in [2.45, 2.75) is 12.1 Å². The number of rotatable bonds is 7. The van der Waals surface area contributed by atoms with E-state index in [0.717, 1.165) is 16.8 Å². The van der Waals surface area contributed by atoms with E-state index in [1.807, 2.05) is 25.1 Å². The van der Waals surface area contributed by atoms with E-state index in [1.165, 1.54) is 11.8 Å². The minimum Gasteiger partial charge on any atom is -0.497 e. The van der Waals surface area contributed by atoms with Crippen molar-refractivity contribution in [1.82, 2.24) is 15.3 Å². The highest BCUT2D eigenvalue weighted by atomic mass is 32.2. The number of hydrogen-bond acceptors (Lipinski definition) is 5. The summed E-state index contributed by atoms with van der Waals surface area (Å²) in [7, 11) is 1.61. The predicted molar refractivity (Wildman–Crippen MR) is 106 cm³/mol. The Labute approximate surface area is 160 Å². The number of anilines is 1. The lowest BCUT2D eigenvalue weighted by atomic mass is 10.2. The zero-order valence-electron chi connectivity index (χ0n) is 15.0. The Morgan fingerprint density at radius 3 is 2.85 bits per heavy atom. The van der Waals surface area contributed by atoms with Crippen LogP contribution in [0.5, 0.6) is 5.75 Å². The Bertz CT molecular complexity index is 970. The number of aromatic nitrogens is 2. The molecule has 3 N–H and O–H groups in total. The molecule has 0 radical (unpaired) electrons. The SMILES string of the molecule is CCNC(=O)c1cccc(NC(=O)CSc2nc3ccc(OC)cc3[nH]2)c1. The van der Waals surface area contributed by atoms with Gasteiger partial charge >= 0.3 is 0 Å². The number of amides is 2. The zero-order chi connectivity index (χ0) is 19.2. The van der Waals surface area contributed by atoms with Crippen molar-refractivity contribution in [2.24, 2.45) is 0 Å². The number of fused-ring (bicyclic) bond motifs is 1. The normalized spacial score (nSPS) is 10.6. The van der Waals surface area contributed by atoms with Gasteiger partial charge in [0.2, 0.25) is 5.91 Å². The van der Waals surface area contributed by atoms with Gasteiger partial charge in [-0.1, -0.05) is 17.8 Å². The Morgan fingerprint density at radius 2 is 2.07 bits per heavy atom. The minimum absolute atomic E-state index is 0.166. The average molecular weight is 384 g/mol. The van der Waals surface area contributed by atoms with Crippen LogP contribution in [0.3, 0.4) is 0 Å². The summed E-state index contributed by atoms with van der Waals surface area (Å²) in [5.74, 6) is 0.599. The Morgan fingerprint density at radius 1 is 1.22 bits per heavy atom. The van der Waals surface area contributed by atoms with Gasteiger partial charge < -0.3 is 20.4 Å². The van der Waals surface area contributed by atoms with E-state index in [2.05, 4.69) is 20.6 Å². The highest BCUT2D eigenvalue weighted by Crippen LogP contribution is 2.23. The largest absolute Gasteiger partial charge is 0.497 e. The van der Waals surface area contributed by atoms with Gasteiger partial charge in [-0.3, -0.25) is 9.59 Å². The van der Waals surface area contributed by atoms with Crippen molar-refractivity contribution >= 4 is 40.3 Å². The van der Waals surface area contributed by atoms with Crippen LogP contribution < -0.4 is 15.4 Å². The molecule has 3 aromatic rings. The van der Waals surface area contributed by atoms with Crippen molar-refractivity contribution in [3.8, 4) is 5.75 Å². The highest BCUT2D eigenvalue weighted by Gasteiger charge is 2.10. The maximum atomic E-state index is 12.2. The van der Waals surface area contributed by atoms with Gasteiger partial charge in [-0.15, -0.1) is 0 Å². The van der Waals surface area contributed by atoms with Crippen molar-refractivity contribution in [3.05, 3.63) is 48.0 Å². The molecule has 2 amide bonds. The van der Waals surface area contributed by atoms with Crippen LogP contribution in [-0.2, 0) is 4.79 Å². The molecule has 0 aliphatic carbocycles. The first-order valence-corrected chi connectivity index (χ1v) is 9.42. The monoisotopic (exact) mass is 384 g/mol. The van der Waals surface area contributed by atoms with E-state index < -0.39 is 0 Å². The number of aromatic amines is 1. The molecule has 0 saturated heterocycles. The number of methoxy groups -OCH3 is 1. The number of carbonyl (C=O) groups excluding carboxylic acids is 2. The molecule has 3 rings (SSSR count). The zero-order valence-corrected chi connectivity index (χ0v) is 15.9. The van der Waals surface area contributed by atoms with Crippen LogP contribution in [0.15, 0.2) is 47.6 Å². The summed E-state index contributed by atoms with van der Waals surface area (Å²) in [6.07, 6.45) is 0. The van der Waals surface area contributed by atoms with Crippen LogP contribution in [-0.4, -0.2) is 41.2 Å². The first kappa shape index (κ1) is 18.8. The van der Waals surface area contributed by atoms with Crippen molar-refractivity contribution in [1.29, 1.82) is 0 Å². The quantitative estimate of drug-likeness (QED) is 0.544. The number of imidazole rings is 1. The van der Waals surface area contributed by atoms with Crippen LogP contribution in [0.4, 0.5) is 5.69 Å². The number of carbonyl (C=O) groups is 2. The lowest BCUT2D eigenvalue weighted by Crippen LogP contribution is -2.23. The number of nitrogens with one attached hydrogen (secondary N) is 3. The maximum absolute atomic E-state index is 12.2. The van der Waals surface area contributed by atoms with Gasteiger partial charge in [0.15, 0.2) is 5.16 Å². The van der Waals surface area contributed by atoms with E-state index in [0.29, 0.717) is 23.0 Å². The van der Waals surface area contributed by atoms with E-state index in [-0.39, 0.29) is 17.6 Å². The summed E-state index contributed by atoms with van der Waals surface area (Å²) in [5.41, 5.74) is 2.76. The molecule has 0 aliphatic heterocycles. The summed E-state index contributed by atoms with van der Waals surface area (Å²) in [6, 6.07) is 12.4. The maximum Gasteiger partial charge on any atom is 0.251 e. The van der Waals surface area contributed by atoms with E-state index >= 15 is 0 Å². The van der Waals surface area contributed by atoms with E-state index in [9.17, 15) is 9.59 Å². The molecule has 0 aliphatic rings. The fourth-order valence-corrected chi connectivity index (χ4v) is 3.18. The third kappa shape index (κ3) is 4.79. The first-order chi connectivity index (χ1) is 13.1. The van der Waals surface area contributed by atoms with Gasteiger partial charge in [0.1, 0.15) is 5.75 Å². The number of hydrogen-bond donors (Lipinski definition) is 3. The van der Waals surface area contributed by atoms with E-state index in [4.69, 9.17) is 4.74 Å². The van der Waals surface area contributed by atoms with E-state index in [1.54, 1.807) is 31.4 Å². The molecule has 0 fully saturated rings. The third-order valence-corrected chi connectivity index (χ3v) is 4.63. The van der Waals surface area contributed by atoms with Gasteiger partial charge in [-0.2, -0.15) is 0 Å². The fraction of sp³-hybridized carbons (Fsp3) is 0.211. The summed E-state index contributed by atoms with van der Waals surface area (Å²) >= 11 is 1.31. The first-order valence-electron chi connectivity index (χ1n) is 8.43. The molecule has 0 unspecified atom stereocenters. The predicted octanol–water partition coefficient (Wildman–Crippen LogP) is 3.05. The second-order valence-electron chi connectivity index (χ2n) is 5.70. The lowest BCUT2D eigenvalue weighted by Gasteiger charge is -2.07. The fourth-order valence-electron chi connectivity index (χ4n) is 2.49. The van der Waals surface area contributed by atoms with Crippen LogP contribution >= 0.6 is 11.8 Å². The summed E-state index contributed by atoms with van der Waals surface area (Å²) in [6.45, 7) is 2.41. The Kier molecular flexibility index (Phi) is 5.97. The van der Waals surface area contributed by atoms with Crippen molar-refractivity contribution in [3.63, 3.8) is 0 Å². The van der Waals surface area contributed by atoms with Crippen molar-refractivity contribution < 1.29 is 14.3 Å². The molecule has 1 aromatic heterocycles. The summed E-state index contributed by atoms with van der Waals surface area (Å²) < 4.78 is 5.19. The molecular formula is C19H20N4O3S. The van der Waals surface area contributed by atoms with Gasteiger partial charge in [0.25, 0.3) is 5.91 Å². The molecule has 0 bridgehead atoms. The van der Waals surface area contributed by atoms with Crippen LogP contribution in [0, 0.1) is 0 Å². The number of ether oxygens (including phenoxy) is 1. The topological polar surface area (TPSA) is 96.1 Å². The summed E-state index contributed by atoms with van der Waals surface area (Å²) in [5, 5.41) is 6.19. The molecule has 2 aromatic carbocycles. The lowest BCUT2D eigenvalue weighted by molar-refractivity contribution is -0.113. The molecule has 1 heterocycles. The smallest absolute Gasteiger partial charge is 0.251 e. The molecular weight excluding hydrogens is 364 g/mol. The Hall–Kier alpha value is -3.00. The molecule has 7 nitrogen and oxygen atoms in total. The number of benzene rings is 2. The van der Waals surface area contributed by atoms with Gasteiger partial charge in [0, 0.05) is 23.9 Å². The molecule has 0 saturated carbocycles. The number of H-pyrrole nitrogens is 1. The molecule has 140 valence electrons. The molecule has 27 heavy (non-hydrogen) atoms. The second-order valence-corrected chi connectivity index (χ2v) is 6.67. The van der Waals surface area contributed by atoms with Crippen molar-refractivity contribution in [2.75, 3.05) is 24.7 Å². The van der Waals surface area contributed by atoms with Gasteiger partial charge in [0.05, 0.1) is 23.9 Å². The standard InChI is InChI=1S/C19H20N4O3S/c1-3-20-18(25)12-5-4-6-13(9-12)21-17(24)11-27-19-22-15-8-7-14(26-2)10-16(15)23-19/h4-10H,3,11H2,1-2H3,(H,20,25)(H,21,24)(H,22,23). The number of nitrogens with zero attached hydrogens (tertiary/aromatic N) is 1. The molecule has 0 atom stereocenters. The summed E-state index contributed by atoms with van der Waals surface area (Å²) in [4.78, 5) is 31.7. The Balaban J connectivity index is 1.60. The second kappa shape index (κ2) is 8.59. The average Bonchev–Trinajstić information content (AvgIpc) is 3.08. The van der Waals surface area contributed by atoms with Crippen LogP contribution in [0.1, 0.15) is 17.3 Å². The van der Waals surface area contributed by atoms with Gasteiger partial charge in [-0.25, -0.2) is 4.98 Å². The third-order valence-electron chi connectivity index (χ3n) is 3.75. The number of thioether (sulfide) groups is 1. The highest BCUT2D eigenvalue weighted by molar-refractivity contribution is 7.99. The van der Waals surface area contributed by atoms with Crippen LogP contribution in [0.2, 0.25) is 0 Å². The van der Waals surface area contributed by atoms with Gasteiger partial charge in [-0.05, 0) is 37.3 Å². The molecule has 0 spiro atoms.